The third-order valence-electron chi connectivity index (χ3n) is 3.64. The normalized spacial score (nSPS) is 22.7. The van der Waals surface area contributed by atoms with Crippen molar-refractivity contribution in [2.45, 2.75) is 30.6 Å². The van der Waals surface area contributed by atoms with Gasteiger partial charge in [0.1, 0.15) is 0 Å². The summed E-state index contributed by atoms with van der Waals surface area (Å²) in [7, 11) is 2.05. The molecule has 0 saturated heterocycles. The van der Waals surface area contributed by atoms with Crippen LogP contribution in [0.25, 0.3) is 0 Å². The Morgan fingerprint density at radius 2 is 2.21 bits per heavy atom. The monoisotopic (exact) mass is 279 g/mol. The number of carbonyl (C=O) groups is 1. The zero-order valence-electron chi connectivity index (χ0n) is 11.5. The van der Waals surface area contributed by atoms with E-state index >= 15 is 0 Å². The summed E-state index contributed by atoms with van der Waals surface area (Å²) >= 11 is 1.92. The highest BCUT2D eigenvalue weighted by molar-refractivity contribution is 7.99. The van der Waals surface area contributed by atoms with Crippen LogP contribution in [0.1, 0.15) is 19.3 Å². The molecule has 1 heterocycles. The van der Waals surface area contributed by atoms with Gasteiger partial charge in [-0.3, -0.25) is 14.7 Å². The molecule has 0 unspecified atom stereocenters. The average molecular weight is 279 g/mol. The second kappa shape index (κ2) is 6.91. The molecular weight excluding hydrogens is 258 g/mol. The van der Waals surface area contributed by atoms with Crippen LogP contribution in [0.3, 0.4) is 0 Å². The van der Waals surface area contributed by atoms with Crippen LogP contribution in [0.4, 0.5) is 5.69 Å². The number of nitrogens with one attached hydrogen (secondary N) is 1. The molecule has 1 aromatic heterocycles. The molecule has 1 saturated carbocycles. The molecule has 0 spiro atoms. The van der Waals surface area contributed by atoms with Crippen LogP contribution in [-0.2, 0) is 4.79 Å². The minimum absolute atomic E-state index is 0.0421. The number of hydrogen-bond acceptors (Lipinski definition) is 4. The van der Waals surface area contributed by atoms with E-state index in [4.69, 9.17) is 0 Å². The van der Waals surface area contributed by atoms with Crippen molar-refractivity contribution in [3.8, 4) is 0 Å². The number of nitrogens with zero attached hydrogens (tertiary/aromatic N) is 2. The van der Waals surface area contributed by atoms with Crippen LogP contribution in [0, 0.1) is 0 Å². The predicted octanol–water partition coefficient (Wildman–Crippen LogP) is 2.24. The van der Waals surface area contributed by atoms with E-state index in [-0.39, 0.29) is 5.91 Å². The first-order valence-electron chi connectivity index (χ1n) is 6.63. The van der Waals surface area contributed by atoms with Crippen molar-refractivity contribution in [1.82, 2.24) is 9.88 Å². The molecule has 1 aromatic rings. The summed E-state index contributed by atoms with van der Waals surface area (Å²) < 4.78 is 0. The number of aromatic nitrogens is 1. The van der Waals surface area contributed by atoms with Crippen LogP contribution in [0.5, 0.6) is 0 Å². The van der Waals surface area contributed by atoms with Gasteiger partial charge in [0.05, 0.1) is 6.54 Å². The van der Waals surface area contributed by atoms with E-state index in [1.54, 1.807) is 24.5 Å². The topological polar surface area (TPSA) is 45.2 Å². The highest BCUT2D eigenvalue weighted by Crippen LogP contribution is 2.31. The second-order valence-corrected chi connectivity index (χ2v) is 6.05. The lowest BCUT2D eigenvalue weighted by Gasteiger charge is -2.28. The molecule has 1 amide bonds. The lowest BCUT2D eigenvalue weighted by Crippen LogP contribution is -2.41. The van der Waals surface area contributed by atoms with Crippen molar-refractivity contribution in [3.05, 3.63) is 24.5 Å². The number of thioether (sulfide) groups is 1. The van der Waals surface area contributed by atoms with Gasteiger partial charge in [0.25, 0.3) is 0 Å². The number of anilines is 1. The fourth-order valence-electron chi connectivity index (χ4n) is 2.67. The molecule has 1 N–H and O–H groups in total. The molecule has 104 valence electrons. The van der Waals surface area contributed by atoms with Gasteiger partial charge >= 0.3 is 0 Å². The van der Waals surface area contributed by atoms with E-state index in [0.717, 1.165) is 5.69 Å². The SMILES string of the molecule is CS[C@H]1CCC[C@@H]1N(C)CC(=O)Nc1ccncc1. The summed E-state index contributed by atoms with van der Waals surface area (Å²) in [6, 6.07) is 4.13. The second-order valence-electron chi connectivity index (χ2n) is 4.97. The van der Waals surface area contributed by atoms with Crippen molar-refractivity contribution >= 4 is 23.4 Å². The molecule has 1 aliphatic carbocycles. The first kappa shape index (κ1) is 14.3. The summed E-state index contributed by atoms with van der Waals surface area (Å²) in [6.45, 7) is 0.448. The number of amides is 1. The number of carbonyl (C=O) groups excluding carboxylic acids is 1. The summed E-state index contributed by atoms with van der Waals surface area (Å²) in [6.07, 6.45) is 9.26. The van der Waals surface area contributed by atoms with E-state index in [0.29, 0.717) is 17.8 Å². The van der Waals surface area contributed by atoms with Crippen molar-refractivity contribution in [2.24, 2.45) is 0 Å². The Morgan fingerprint density at radius 3 is 2.89 bits per heavy atom. The van der Waals surface area contributed by atoms with Gasteiger partial charge in [0, 0.05) is 29.4 Å². The number of likely N-dealkylation sites (N-methyl/N-ethyl adjacent to an activating group) is 1. The van der Waals surface area contributed by atoms with Crippen molar-refractivity contribution < 1.29 is 4.79 Å². The van der Waals surface area contributed by atoms with Crippen LogP contribution < -0.4 is 5.32 Å². The lowest BCUT2D eigenvalue weighted by atomic mass is 10.2. The van der Waals surface area contributed by atoms with Gasteiger partial charge in [-0.05, 0) is 38.3 Å². The van der Waals surface area contributed by atoms with Gasteiger partial charge in [-0.25, -0.2) is 0 Å². The van der Waals surface area contributed by atoms with Gasteiger partial charge in [-0.15, -0.1) is 0 Å². The molecule has 1 fully saturated rings. The molecule has 2 atom stereocenters. The quantitative estimate of drug-likeness (QED) is 0.898. The van der Waals surface area contributed by atoms with Gasteiger partial charge < -0.3 is 5.32 Å². The minimum atomic E-state index is 0.0421. The number of pyridine rings is 1. The van der Waals surface area contributed by atoms with Gasteiger partial charge in [-0.2, -0.15) is 11.8 Å². The molecule has 0 aromatic carbocycles. The van der Waals surface area contributed by atoms with Gasteiger partial charge in [0.2, 0.25) is 5.91 Å². The molecule has 19 heavy (non-hydrogen) atoms. The smallest absolute Gasteiger partial charge is 0.238 e. The van der Waals surface area contributed by atoms with E-state index in [9.17, 15) is 4.79 Å². The third-order valence-corrected chi connectivity index (χ3v) is 4.80. The maximum atomic E-state index is 12.0. The van der Waals surface area contributed by atoms with E-state index in [2.05, 4.69) is 21.5 Å². The highest BCUT2D eigenvalue weighted by atomic mass is 32.2. The molecule has 0 radical (unpaired) electrons. The van der Waals surface area contributed by atoms with Crippen LogP contribution in [-0.4, -0.2) is 46.9 Å². The number of rotatable bonds is 5. The summed E-state index contributed by atoms with van der Waals surface area (Å²) in [5, 5.41) is 3.57. The maximum Gasteiger partial charge on any atom is 0.238 e. The fourth-order valence-corrected chi connectivity index (χ4v) is 3.73. The van der Waals surface area contributed by atoms with Gasteiger partial charge in [-0.1, -0.05) is 6.42 Å². The molecule has 0 aliphatic heterocycles. The average Bonchev–Trinajstić information content (AvgIpc) is 2.88. The molecule has 5 heteroatoms. The van der Waals surface area contributed by atoms with Crippen molar-refractivity contribution in [2.75, 3.05) is 25.2 Å². The van der Waals surface area contributed by atoms with Crippen molar-refractivity contribution in [3.63, 3.8) is 0 Å². The van der Waals surface area contributed by atoms with Crippen molar-refractivity contribution in [1.29, 1.82) is 0 Å². The zero-order chi connectivity index (χ0) is 13.7. The van der Waals surface area contributed by atoms with E-state index < -0.39 is 0 Å². The van der Waals surface area contributed by atoms with Crippen LogP contribution >= 0.6 is 11.8 Å². The number of hydrogen-bond donors (Lipinski definition) is 1. The standard InChI is InChI=1S/C14H21N3OS/c1-17(12-4-3-5-13(12)19-2)10-14(18)16-11-6-8-15-9-7-11/h6-9,12-13H,3-5,10H2,1-2H3,(H,15,16,18)/t12-,13-/m0/s1. The Morgan fingerprint density at radius 1 is 1.47 bits per heavy atom. The molecule has 4 nitrogen and oxygen atoms in total. The maximum absolute atomic E-state index is 12.0. The van der Waals surface area contributed by atoms with Crippen LogP contribution in [0.2, 0.25) is 0 Å². The van der Waals surface area contributed by atoms with E-state index in [1.807, 2.05) is 18.8 Å². The third kappa shape index (κ3) is 3.94. The zero-order valence-corrected chi connectivity index (χ0v) is 12.3. The Hall–Kier alpha value is -1.07. The Bertz CT molecular complexity index is 412. The Kier molecular flexibility index (Phi) is 5.22. The predicted molar refractivity (Wildman–Crippen MR) is 80.4 cm³/mol. The minimum Gasteiger partial charge on any atom is -0.325 e. The van der Waals surface area contributed by atoms with Gasteiger partial charge in [0.15, 0.2) is 0 Å². The first-order valence-corrected chi connectivity index (χ1v) is 7.92. The largest absolute Gasteiger partial charge is 0.325 e. The molecular formula is C14H21N3OS. The van der Waals surface area contributed by atoms with Crippen LogP contribution in [0.15, 0.2) is 24.5 Å². The molecule has 1 aliphatic rings. The Balaban J connectivity index is 1.85. The lowest BCUT2D eigenvalue weighted by molar-refractivity contribution is -0.117. The summed E-state index contributed by atoms with van der Waals surface area (Å²) in [5.74, 6) is 0.0421. The summed E-state index contributed by atoms with van der Waals surface area (Å²) in [4.78, 5) is 18.1. The van der Waals surface area contributed by atoms with E-state index in [1.165, 1.54) is 19.3 Å². The fraction of sp³-hybridized carbons (Fsp3) is 0.571. The Labute approximate surface area is 119 Å². The molecule has 2 rings (SSSR count). The highest BCUT2D eigenvalue weighted by Gasteiger charge is 2.30. The molecule has 0 bridgehead atoms. The summed E-state index contributed by atoms with van der Waals surface area (Å²) in [5.41, 5.74) is 0.807. The first-order chi connectivity index (χ1) is 9.20.